The number of fused-ring (bicyclic) bond motifs is 1. The molecule has 22 heavy (non-hydrogen) atoms. The predicted octanol–water partition coefficient (Wildman–Crippen LogP) is 2.53. The van der Waals surface area contributed by atoms with Gasteiger partial charge in [-0.1, -0.05) is 30.3 Å². The Morgan fingerprint density at radius 1 is 1.18 bits per heavy atom. The van der Waals surface area contributed by atoms with Gasteiger partial charge in [-0.25, -0.2) is 4.98 Å². The van der Waals surface area contributed by atoms with Crippen LogP contribution in [0.25, 0.3) is 0 Å². The average Bonchev–Trinajstić information content (AvgIpc) is 2.95. The molecule has 1 fully saturated rings. The molecule has 0 N–H and O–H groups in total. The van der Waals surface area contributed by atoms with Gasteiger partial charge in [0.05, 0.1) is 0 Å². The van der Waals surface area contributed by atoms with Crippen molar-refractivity contribution >= 4 is 5.91 Å². The number of rotatable bonds is 3. The highest BCUT2D eigenvalue weighted by atomic mass is 16.2. The Labute approximate surface area is 130 Å². The summed E-state index contributed by atoms with van der Waals surface area (Å²) in [4.78, 5) is 19.0. The van der Waals surface area contributed by atoms with Crippen LogP contribution in [0.15, 0.2) is 36.5 Å². The van der Waals surface area contributed by atoms with Crippen LogP contribution in [0.3, 0.4) is 0 Å². The first-order chi connectivity index (χ1) is 10.8. The molecule has 1 saturated heterocycles. The Balaban J connectivity index is 1.36. The highest BCUT2D eigenvalue weighted by Gasteiger charge is 2.32. The molecule has 2 aliphatic heterocycles. The summed E-state index contributed by atoms with van der Waals surface area (Å²) in [6.45, 7) is 2.72. The summed E-state index contributed by atoms with van der Waals surface area (Å²) in [7, 11) is 0. The molecule has 0 spiro atoms. The Bertz CT molecular complexity index is 647. The third-order valence-corrected chi connectivity index (χ3v) is 4.74. The van der Waals surface area contributed by atoms with Gasteiger partial charge in [-0.05, 0) is 30.7 Å². The zero-order valence-corrected chi connectivity index (χ0v) is 12.7. The summed E-state index contributed by atoms with van der Waals surface area (Å²) >= 11 is 0. The van der Waals surface area contributed by atoms with Crippen molar-refractivity contribution in [3.8, 4) is 0 Å². The smallest absolute Gasteiger partial charge is 0.274 e. The first kappa shape index (κ1) is 13.6. The van der Waals surface area contributed by atoms with Gasteiger partial charge >= 0.3 is 0 Å². The van der Waals surface area contributed by atoms with E-state index in [0.29, 0.717) is 11.6 Å². The number of likely N-dealkylation sites (tertiary alicyclic amines) is 1. The van der Waals surface area contributed by atoms with Gasteiger partial charge in [0.25, 0.3) is 5.91 Å². The Kier molecular flexibility index (Phi) is 3.45. The molecule has 4 rings (SSSR count). The number of carbonyl (C=O) groups excluding carboxylic acids is 1. The normalized spacial score (nSPS) is 17.9. The number of aryl methyl sites for hydroxylation is 2. The van der Waals surface area contributed by atoms with Crippen molar-refractivity contribution in [1.29, 1.82) is 0 Å². The van der Waals surface area contributed by atoms with E-state index in [4.69, 9.17) is 0 Å². The van der Waals surface area contributed by atoms with E-state index in [1.165, 1.54) is 18.4 Å². The van der Waals surface area contributed by atoms with Crippen LogP contribution in [0.4, 0.5) is 0 Å². The number of hydrogen-bond donors (Lipinski definition) is 0. The maximum Gasteiger partial charge on any atom is 0.274 e. The van der Waals surface area contributed by atoms with E-state index < -0.39 is 0 Å². The van der Waals surface area contributed by atoms with Gasteiger partial charge in [-0.3, -0.25) is 4.79 Å². The van der Waals surface area contributed by atoms with Crippen LogP contribution < -0.4 is 0 Å². The number of aromatic nitrogens is 2. The molecule has 1 amide bonds. The molecule has 1 aromatic heterocycles. The van der Waals surface area contributed by atoms with Crippen molar-refractivity contribution in [2.24, 2.45) is 5.92 Å². The maximum atomic E-state index is 12.5. The lowest BCUT2D eigenvalue weighted by Crippen LogP contribution is -2.50. The predicted molar refractivity (Wildman–Crippen MR) is 84.7 cm³/mol. The van der Waals surface area contributed by atoms with Gasteiger partial charge < -0.3 is 9.47 Å². The quantitative estimate of drug-likeness (QED) is 0.872. The lowest BCUT2D eigenvalue weighted by atomic mass is 9.92. The molecular weight excluding hydrogens is 274 g/mol. The number of carbonyl (C=O) groups is 1. The Morgan fingerprint density at radius 2 is 2.00 bits per heavy atom. The molecule has 0 unspecified atom stereocenters. The summed E-state index contributed by atoms with van der Waals surface area (Å²) in [5.41, 5.74) is 1.99. The van der Waals surface area contributed by atoms with Crippen molar-refractivity contribution in [2.45, 2.75) is 32.2 Å². The first-order valence-electron chi connectivity index (χ1n) is 8.19. The zero-order chi connectivity index (χ0) is 14.9. The van der Waals surface area contributed by atoms with Crippen LogP contribution in [0, 0.1) is 5.92 Å². The first-order valence-corrected chi connectivity index (χ1v) is 8.19. The van der Waals surface area contributed by atoms with Crippen LogP contribution in [0.5, 0.6) is 0 Å². The van der Waals surface area contributed by atoms with Crippen molar-refractivity contribution in [3.63, 3.8) is 0 Å². The van der Waals surface area contributed by atoms with Crippen LogP contribution in [0.2, 0.25) is 0 Å². The molecule has 0 saturated carbocycles. The molecule has 4 heteroatoms. The SMILES string of the molecule is O=C(c1cn2c(n1)CCCC2)N1CC(Cc2ccccc2)C1. The van der Waals surface area contributed by atoms with Crippen molar-refractivity contribution in [2.75, 3.05) is 13.1 Å². The van der Waals surface area contributed by atoms with E-state index in [0.717, 1.165) is 38.3 Å². The molecule has 0 bridgehead atoms. The monoisotopic (exact) mass is 295 g/mol. The molecule has 4 nitrogen and oxygen atoms in total. The maximum absolute atomic E-state index is 12.5. The van der Waals surface area contributed by atoms with Gasteiger partial charge in [0.15, 0.2) is 0 Å². The fourth-order valence-corrected chi connectivity index (χ4v) is 3.49. The van der Waals surface area contributed by atoms with Gasteiger partial charge in [-0.2, -0.15) is 0 Å². The zero-order valence-electron chi connectivity index (χ0n) is 12.7. The molecule has 2 aliphatic rings. The lowest BCUT2D eigenvalue weighted by molar-refractivity contribution is 0.0495. The van der Waals surface area contributed by atoms with Gasteiger partial charge in [0, 0.05) is 32.3 Å². The summed E-state index contributed by atoms with van der Waals surface area (Å²) in [6.07, 6.45) is 6.39. The number of nitrogens with zero attached hydrogens (tertiary/aromatic N) is 3. The molecule has 0 radical (unpaired) electrons. The molecule has 2 aromatic rings. The minimum Gasteiger partial charge on any atom is -0.337 e. The van der Waals surface area contributed by atoms with Crippen molar-refractivity contribution < 1.29 is 4.79 Å². The number of benzene rings is 1. The number of amides is 1. The number of imidazole rings is 1. The number of hydrogen-bond acceptors (Lipinski definition) is 2. The third-order valence-electron chi connectivity index (χ3n) is 4.74. The van der Waals surface area contributed by atoms with Gasteiger partial charge in [0.1, 0.15) is 11.5 Å². The third kappa shape index (κ3) is 2.54. The lowest BCUT2D eigenvalue weighted by Gasteiger charge is -2.39. The van der Waals surface area contributed by atoms with E-state index in [1.54, 1.807) is 0 Å². The minimum absolute atomic E-state index is 0.103. The van der Waals surface area contributed by atoms with Crippen LogP contribution >= 0.6 is 0 Å². The summed E-state index contributed by atoms with van der Waals surface area (Å²) < 4.78 is 2.15. The highest BCUT2D eigenvalue weighted by Crippen LogP contribution is 2.23. The molecule has 1 aromatic carbocycles. The second-order valence-corrected chi connectivity index (χ2v) is 6.46. The molecule has 3 heterocycles. The van der Waals surface area contributed by atoms with Gasteiger partial charge in [0.2, 0.25) is 0 Å². The molecule has 0 atom stereocenters. The second kappa shape index (κ2) is 5.59. The standard InChI is InChI=1S/C18H21N3O/c22-18(16-13-20-9-5-4-8-17(20)19-16)21-11-15(12-21)10-14-6-2-1-3-7-14/h1-3,6-7,13,15H,4-5,8-12H2. The second-order valence-electron chi connectivity index (χ2n) is 6.46. The van der Waals surface area contributed by atoms with E-state index in [2.05, 4.69) is 33.8 Å². The van der Waals surface area contributed by atoms with Crippen molar-refractivity contribution in [1.82, 2.24) is 14.5 Å². The summed E-state index contributed by atoms with van der Waals surface area (Å²) in [6, 6.07) is 10.5. The molecule has 114 valence electrons. The van der Waals surface area contributed by atoms with E-state index >= 15 is 0 Å². The fraction of sp³-hybridized carbons (Fsp3) is 0.444. The molecular formula is C18H21N3O. The van der Waals surface area contributed by atoms with E-state index in [-0.39, 0.29) is 5.91 Å². The summed E-state index contributed by atoms with van der Waals surface area (Å²) in [5.74, 6) is 1.77. The van der Waals surface area contributed by atoms with Crippen LogP contribution in [-0.4, -0.2) is 33.4 Å². The fourth-order valence-electron chi connectivity index (χ4n) is 3.49. The Morgan fingerprint density at radius 3 is 2.77 bits per heavy atom. The van der Waals surface area contributed by atoms with Crippen LogP contribution in [0.1, 0.15) is 34.7 Å². The minimum atomic E-state index is 0.103. The Hall–Kier alpha value is -2.10. The summed E-state index contributed by atoms with van der Waals surface area (Å²) in [5, 5.41) is 0. The topological polar surface area (TPSA) is 38.1 Å². The average molecular weight is 295 g/mol. The van der Waals surface area contributed by atoms with Crippen LogP contribution in [-0.2, 0) is 19.4 Å². The van der Waals surface area contributed by atoms with E-state index in [1.807, 2.05) is 17.2 Å². The highest BCUT2D eigenvalue weighted by molar-refractivity contribution is 5.92. The largest absolute Gasteiger partial charge is 0.337 e. The molecule has 0 aliphatic carbocycles. The van der Waals surface area contributed by atoms with Gasteiger partial charge in [-0.15, -0.1) is 0 Å². The van der Waals surface area contributed by atoms with Crippen molar-refractivity contribution in [3.05, 3.63) is 53.6 Å². The van der Waals surface area contributed by atoms with E-state index in [9.17, 15) is 4.79 Å².